The molecule has 2 N–H and O–H groups in total. The molecule has 0 atom stereocenters. The van der Waals surface area contributed by atoms with Crippen LogP contribution in [0.2, 0.25) is 0 Å². The number of H-pyrrole nitrogens is 2. The van der Waals surface area contributed by atoms with Crippen LogP contribution < -0.4 is 0 Å². The zero-order chi connectivity index (χ0) is 36.1. The molecule has 0 saturated heterocycles. The van der Waals surface area contributed by atoms with Crippen LogP contribution in [0.25, 0.3) is 57.5 Å². The highest BCUT2D eigenvalue weighted by molar-refractivity contribution is 5.79. The van der Waals surface area contributed by atoms with Crippen LogP contribution in [-0.2, 0) is 12.8 Å². The molecule has 5 aromatic rings. The summed E-state index contributed by atoms with van der Waals surface area (Å²) in [7, 11) is 0. The van der Waals surface area contributed by atoms with Crippen molar-refractivity contribution in [3.8, 4) is 11.1 Å². The molecule has 0 amide bonds. The van der Waals surface area contributed by atoms with Gasteiger partial charge >= 0.3 is 0 Å². The first-order chi connectivity index (χ1) is 26.2. The Labute approximate surface area is 316 Å². The number of nitrogens with one attached hydrogen (secondary N) is 2. The minimum Gasteiger partial charge on any atom is -0.355 e. The van der Waals surface area contributed by atoms with Crippen molar-refractivity contribution in [2.75, 3.05) is 0 Å². The van der Waals surface area contributed by atoms with Gasteiger partial charge in [0.15, 0.2) is 0 Å². The summed E-state index contributed by atoms with van der Waals surface area (Å²) in [5.41, 5.74) is 15.5. The summed E-state index contributed by atoms with van der Waals surface area (Å²) in [6.07, 6.45) is 30.6. The van der Waals surface area contributed by atoms with Crippen molar-refractivity contribution in [1.82, 2.24) is 19.9 Å². The summed E-state index contributed by atoms with van der Waals surface area (Å²) in [5, 5.41) is 0. The third-order valence-corrected chi connectivity index (χ3v) is 10.8. The topological polar surface area (TPSA) is 57.4 Å². The van der Waals surface area contributed by atoms with Gasteiger partial charge in [0.2, 0.25) is 0 Å². The molecule has 4 nitrogen and oxygen atoms in total. The van der Waals surface area contributed by atoms with Crippen LogP contribution in [0.4, 0.5) is 0 Å². The zero-order valence-electron chi connectivity index (χ0n) is 31.7. The van der Waals surface area contributed by atoms with Crippen molar-refractivity contribution in [3.05, 3.63) is 130 Å². The van der Waals surface area contributed by atoms with Crippen LogP contribution in [0.15, 0.2) is 91.0 Å². The van der Waals surface area contributed by atoms with E-state index in [0.717, 1.165) is 51.3 Å². The van der Waals surface area contributed by atoms with Crippen molar-refractivity contribution < 1.29 is 0 Å². The highest BCUT2D eigenvalue weighted by Gasteiger charge is 2.19. The second-order valence-corrected chi connectivity index (χ2v) is 15.0. The molecular weight excluding hydrogens is 645 g/mol. The molecule has 1 aliphatic carbocycles. The zero-order valence-corrected chi connectivity index (χ0v) is 31.7. The largest absolute Gasteiger partial charge is 0.355 e. The predicted octanol–water partition coefficient (Wildman–Crippen LogP) is 13.9. The normalized spacial score (nSPS) is 12.4. The minimum atomic E-state index is 0.939. The lowest BCUT2D eigenvalue weighted by Gasteiger charge is -2.09. The quantitative estimate of drug-likeness (QED) is 0.105. The van der Waals surface area contributed by atoms with Gasteiger partial charge in [-0.2, -0.15) is 0 Å². The van der Waals surface area contributed by atoms with E-state index in [1.54, 1.807) is 11.1 Å². The van der Waals surface area contributed by atoms with E-state index in [9.17, 15) is 0 Å². The monoisotopic (exact) mass is 700 g/mol. The molecular formula is C49H56N4. The number of rotatable bonds is 15. The third kappa shape index (κ3) is 10.3. The Morgan fingerprint density at radius 3 is 1.38 bits per heavy atom. The van der Waals surface area contributed by atoms with Crippen LogP contribution in [0.5, 0.6) is 0 Å². The maximum absolute atomic E-state index is 4.63. The van der Waals surface area contributed by atoms with Crippen molar-refractivity contribution in [2.24, 2.45) is 0 Å². The molecule has 0 fully saturated rings. The first-order valence-corrected chi connectivity index (χ1v) is 20.4. The van der Waals surface area contributed by atoms with Gasteiger partial charge in [0, 0.05) is 22.1 Å². The number of hydrogen-bond acceptors (Lipinski definition) is 2. The van der Waals surface area contributed by atoms with E-state index in [1.165, 1.54) is 113 Å². The number of aromatic amines is 2. The van der Waals surface area contributed by atoms with Gasteiger partial charge in [-0.3, -0.25) is 0 Å². The standard InChI is InChI=1S/C29H42.C20H14N4/c1-2-3-4-5-6-7-8-9-10-11-12-13-14-15-19-25-21-18-23-28-27-22-17-16-20-26(27)24-29(25)28;1-2-14-10-16-5-6-18(23-16)12-20-8-7-19(24-20)11-17-4-3-15(22-17)9-13(1)21-14/h16-18,20-23H,2-15,19,24H2,1H3;1-12,21,24H. The summed E-state index contributed by atoms with van der Waals surface area (Å²) >= 11 is 0. The lowest BCUT2D eigenvalue weighted by atomic mass is 9.96. The van der Waals surface area contributed by atoms with Crippen molar-refractivity contribution in [2.45, 2.75) is 110 Å². The van der Waals surface area contributed by atoms with Crippen molar-refractivity contribution >= 4 is 46.4 Å². The molecule has 3 aromatic heterocycles. The van der Waals surface area contributed by atoms with E-state index < -0.39 is 0 Å². The Bertz CT molecular complexity index is 2000. The summed E-state index contributed by atoms with van der Waals surface area (Å²) in [6.45, 7) is 2.30. The van der Waals surface area contributed by atoms with Crippen molar-refractivity contribution in [3.63, 3.8) is 0 Å². The van der Waals surface area contributed by atoms with E-state index in [1.807, 2.05) is 48.6 Å². The van der Waals surface area contributed by atoms with E-state index in [-0.39, 0.29) is 0 Å². The Morgan fingerprint density at radius 1 is 0.453 bits per heavy atom. The first kappa shape index (κ1) is 36.4. The van der Waals surface area contributed by atoms with E-state index in [4.69, 9.17) is 0 Å². The fourth-order valence-electron chi connectivity index (χ4n) is 7.91. The molecule has 2 aromatic carbocycles. The average Bonchev–Trinajstić information content (AvgIpc) is 4.03. The van der Waals surface area contributed by atoms with Crippen LogP contribution in [-0.4, -0.2) is 19.9 Å². The number of nitrogens with zero attached hydrogens (tertiary/aromatic N) is 2. The number of unbranched alkanes of at least 4 members (excludes halogenated alkanes) is 13. The summed E-state index contributed by atoms with van der Waals surface area (Å²) in [5.74, 6) is 0. The highest BCUT2D eigenvalue weighted by atomic mass is 14.8. The lowest BCUT2D eigenvalue weighted by molar-refractivity contribution is 0.535. The number of aromatic nitrogens is 4. The third-order valence-electron chi connectivity index (χ3n) is 10.8. The minimum absolute atomic E-state index is 0.939. The number of aryl methyl sites for hydroxylation is 1. The fourth-order valence-corrected chi connectivity index (χ4v) is 7.91. The molecule has 0 unspecified atom stereocenters. The van der Waals surface area contributed by atoms with Crippen LogP contribution in [0.3, 0.4) is 0 Å². The molecule has 272 valence electrons. The lowest BCUT2D eigenvalue weighted by Crippen LogP contribution is -1.93. The Kier molecular flexibility index (Phi) is 12.8. The molecule has 8 bridgehead atoms. The Balaban J connectivity index is 0.000000166. The molecule has 2 aliphatic heterocycles. The van der Waals surface area contributed by atoms with Gasteiger partial charge in [0.25, 0.3) is 0 Å². The molecule has 0 saturated carbocycles. The number of hydrogen-bond donors (Lipinski definition) is 2. The SMILES string of the molecule is C1=Cc2cc3ccc(cc4nc(cc5ccc(cc1n2)[nH]5)C=C4)[nH]3.CCCCCCCCCCCCCCCCc1cccc2c1Cc1ccccc1-2. The predicted molar refractivity (Wildman–Crippen MR) is 228 cm³/mol. The van der Waals surface area contributed by atoms with Gasteiger partial charge in [-0.05, 0) is 120 Å². The molecule has 5 heterocycles. The number of fused-ring (bicyclic) bond motifs is 11. The van der Waals surface area contributed by atoms with Crippen molar-refractivity contribution in [1.29, 1.82) is 0 Å². The fraction of sp³-hybridized carbons (Fsp3) is 0.347. The van der Waals surface area contributed by atoms with Gasteiger partial charge in [0.1, 0.15) is 0 Å². The van der Waals surface area contributed by atoms with Gasteiger partial charge < -0.3 is 9.97 Å². The Morgan fingerprint density at radius 2 is 0.887 bits per heavy atom. The summed E-state index contributed by atoms with van der Waals surface area (Å²) in [4.78, 5) is 16.0. The van der Waals surface area contributed by atoms with Crippen LogP contribution >= 0.6 is 0 Å². The maximum Gasteiger partial charge on any atom is 0.0658 e. The van der Waals surface area contributed by atoms with E-state index in [2.05, 4.69) is 93.6 Å². The van der Waals surface area contributed by atoms with E-state index >= 15 is 0 Å². The summed E-state index contributed by atoms with van der Waals surface area (Å²) < 4.78 is 0. The highest BCUT2D eigenvalue weighted by Crippen LogP contribution is 2.38. The summed E-state index contributed by atoms with van der Waals surface area (Å²) in [6, 6.07) is 32.2. The Hall–Kier alpha value is -4.96. The maximum atomic E-state index is 4.63. The second kappa shape index (κ2) is 18.7. The first-order valence-electron chi connectivity index (χ1n) is 20.4. The molecule has 53 heavy (non-hydrogen) atoms. The van der Waals surface area contributed by atoms with Gasteiger partial charge in [-0.25, -0.2) is 9.97 Å². The average molecular weight is 701 g/mol. The molecule has 3 aliphatic rings. The molecule has 4 heteroatoms. The van der Waals surface area contributed by atoms with Gasteiger partial charge in [-0.15, -0.1) is 0 Å². The van der Waals surface area contributed by atoms with Gasteiger partial charge in [-0.1, -0.05) is 133 Å². The molecule has 0 spiro atoms. The number of benzene rings is 2. The smallest absolute Gasteiger partial charge is 0.0658 e. The molecule has 8 rings (SSSR count). The second-order valence-electron chi connectivity index (χ2n) is 15.0. The van der Waals surface area contributed by atoms with Gasteiger partial charge in [0.05, 0.1) is 22.8 Å². The van der Waals surface area contributed by atoms with Crippen LogP contribution in [0, 0.1) is 0 Å². The van der Waals surface area contributed by atoms with Crippen LogP contribution in [0.1, 0.15) is 136 Å². The molecule has 0 radical (unpaired) electrons. The van der Waals surface area contributed by atoms with E-state index in [0.29, 0.717) is 0 Å².